The molecule has 0 saturated heterocycles. The molecule has 0 spiro atoms. The molecule has 1 atom stereocenters. The summed E-state index contributed by atoms with van der Waals surface area (Å²) in [6.45, 7) is -1.03. The van der Waals surface area contributed by atoms with Gasteiger partial charge in [0, 0.05) is 45.5 Å². The van der Waals surface area contributed by atoms with Crippen LogP contribution in [0, 0.1) is 0 Å². The molecule has 13 heteroatoms. The van der Waals surface area contributed by atoms with Gasteiger partial charge in [0.05, 0.1) is 22.7 Å². The van der Waals surface area contributed by atoms with Crippen molar-refractivity contribution in [2.45, 2.75) is 16.5 Å². The van der Waals surface area contributed by atoms with Gasteiger partial charge in [0.1, 0.15) is 6.54 Å². The number of nitrogens with one attached hydrogen (secondary N) is 1. The Kier molecular flexibility index (Phi) is 8.74. The summed E-state index contributed by atoms with van der Waals surface area (Å²) in [6.07, 6.45) is 1.42. The molecule has 0 radical (unpaired) electrons. The molecule has 0 bridgehead atoms. The number of rotatable bonds is 8. The first-order valence-electron chi connectivity index (χ1n) is 9.55. The first kappa shape index (κ1) is 26.6. The molecule has 3 rings (SSSR count). The topological polar surface area (TPSA) is 89.2 Å². The highest BCUT2D eigenvalue weighted by molar-refractivity contribution is 14.1. The largest absolute Gasteiger partial charge is 0.394 e. The number of aliphatic hydroxyl groups excluding tert-OH is 1. The maximum atomic E-state index is 13.4. The minimum atomic E-state index is -3.21. The van der Waals surface area contributed by atoms with Crippen molar-refractivity contribution in [3.05, 3.63) is 79.7 Å². The van der Waals surface area contributed by atoms with Crippen LogP contribution in [0.5, 0.6) is 0 Å². The van der Waals surface area contributed by atoms with Crippen LogP contribution in [0.4, 0.5) is 8.78 Å². The minimum absolute atomic E-state index is 0.0305. The number of alkyl halides is 3. The van der Waals surface area contributed by atoms with Crippen LogP contribution >= 0.6 is 57.4 Å². The van der Waals surface area contributed by atoms with Gasteiger partial charge in [-0.05, 0) is 35.9 Å². The van der Waals surface area contributed by atoms with Gasteiger partial charge in [-0.1, -0.05) is 46.9 Å². The number of aliphatic hydroxyl groups is 1. The molecular formula is C21H16Cl3F2IN4O3. The molecule has 34 heavy (non-hydrogen) atoms. The highest BCUT2D eigenvalue weighted by Gasteiger charge is 2.22. The molecule has 180 valence electrons. The second-order valence-electron chi connectivity index (χ2n) is 6.94. The summed E-state index contributed by atoms with van der Waals surface area (Å²) in [5, 5.41) is 17.3. The quantitative estimate of drug-likeness (QED) is 0.267. The molecule has 0 aliphatic rings. The van der Waals surface area contributed by atoms with E-state index in [9.17, 15) is 23.5 Å². The van der Waals surface area contributed by atoms with E-state index < -0.39 is 34.7 Å². The second-order valence-corrected chi connectivity index (χ2v) is 9.60. The third-order valence-electron chi connectivity index (χ3n) is 4.55. The lowest BCUT2D eigenvalue weighted by molar-refractivity contribution is -0.123. The molecule has 0 fully saturated rings. The van der Waals surface area contributed by atoms with Gasteiger partial charge in [-0.25, -0.2) is 14.0 Å². The summed E-state index contributed by atoms with van der Waals surface area (Å²) < 4.78 is 25.3. The minimum Gasteiger partial charge on any atom is -0.394 e. The maximum Gasteiger partial charge on any atom is 0.350 e. The number of carbonyl (C=O) groups excluding carboxylic acids is 1. The molecule has 1 heterocycles. The predicted octanol–water partition coefficient (Wildman–Crippen LogP) is 5.02. The number of carbonyl (C=O) groups is 1. The zero-order chi connectivity index (χ0) is 25.0. The third-order valence-corrected chi connectivity index (χ3v) is 6.00. The average molecular weight is 644 g/mol. The SMILES string of the molecule is O=C(Cn1nc(-c2ccc(Cl)cc2)n(/C=C/C(F)(F)I)c1=O)NC(CO)c1cccc(Cl)c1Cl. The molecule has 7 nitrogen and oxygen atoms in total. The van der Waals surface area contributed by atoms with Crippen LogP contribution in [0.1, 0.15) is 11.6 Å². The van der Waals surface area contributed by atoms with Gasteiger partial charge in [-0.15, -0.1) is 5.10 Å². The van der Waals surface area contributed by atoms with Crippen molar-refractivity contribution in [3.8, 4) is 11.4 Å². The van der Waals surface area contributed by atoms with E-state index in [1.807, 2.05) is 0 Å². The van der Waals surface area contributed by atoms with Crippen molar-refractivity contribution in [3.63, 3.8) is 0 Å². The Labute approximate surface area is 221 Å². The third kappa shape index (κ3) is 6.57. The smallest absolute Gasteiger partial charge is 0.350 e. The van der Waals surface area contributed by atoms with E-state index in [4.69, 9.17) is 34.8 Å². The summed E-state index contributed by atoms with van der Waals surface area (Å²) in [5.41, 5.74) is -0.0173. The highest BCUT2D eigenvalue weighted by atomic mass is 127. The number of nitrogens with zero attached hydrogens (tertiary/aromatic N) is 3. The number of hydrogen-bond acceptors (Lipinski definition) is 4. The van der Waals surface area contributed by atoms with Crippen molar-refractivity contribution in [1.82, 2.24) is 19.7 Å². The van der Waals surface area contributed by atoms with Crippen LogP contribution in [-0.4, -0.2) is 35.9 Å². The van der Waals surface area contributed by atoms with Gasteiger partial charge in [0.2, 0.25) is 5.91 Å². The Balaban J connectivity index is 1.92. The van der Waals surface area contributed by atoms with E-state index in [1.54, 1.807) is 42.5 Å². The van der Waals surface area contributed by atoms with Gasteiger partial charge in [0.15, 0.2) is 5.82 Å². The lowest BCUT2D eigenvalue weighted by atomic mass is 10.1. The first-order chi connectivity index (χ1) is 16.0. The monoisotopic (exact) mass is 642 g/mol. The van der Waals surface area contributed by atoms with Crippen LogP contribution in [0.15, 0.2) is 53.3 Å². The summed E-state index contributed by atoms with van der Waals surface area (Å²) in [5.74, 6) is -0.643. The number of hydrogen-bond donors (Lipinski definition) is 2. The van der Waals surface area contributed by atoms with E-state index in [-0.39, 0.29) is 15.9 Å². The van der Waals surface area contributed by atoms with Crippen LogP contribution in [0.25, 0.3) is 17.6 Å². The lowest BCUT2D eigenvalue weighted by Gasteiger charge is -2.18. The van der Waals surface area contributed by atoms with E-state index in [2.05, 4.69) is 10.4 Å². The van der Waals surface area contributed by atoms with Gasteiger partial charge in [-0.3, -0.25) is 4.79 Å². The van der Waals surface area contributed by atoms with Crippen molar-refractivity contribution >= 4 is 69.5 Å². The molecule has 1 amide bonds. The Morgan fingerprint density at radius 2 is 1.88 bits per heavy atom. The van der Waals surface area contributed by atoms with Crippen LogP contribution in [0.3, 0.4) is 0 Å². The molecule has 2 aromatic carbocycles. The molecule has 2 N–H and O–H groups in total. The number of benzene rings is 2. The van der Waals surface area contributed by atoms with Crippen molar-refractivity contribution in [2.24, 2.45) is 0 Å². The fourth-order valence-electron chi connectivity index (χ4n) is 3.00. The summed E-state index contributed by atoms with van der Waals surface area (Å²) in [6, 6.07) is 10.1. The number of halogens is 6. The van der Waals surface area contributed by atoms with Crippen LogP contribution in [0.2, 0.25) is 15.1 Å². The van der Waals surface area contributed by atoms with E-state index in [0.717, 1.165) is 38.0 Å². The molecule has 0 aliphatic heterocycles. The Morgan fingerprint density at radius 3 is 2.50 bits per heavy atom. The van der Waals surface area contributed by atoms with Gasteiger partial charge in [0.25, 0.3) is 0 Å². The summed E-state index contributed by atoms with van der Waals surface area (Å²) in [4.78, 5) is 25.5. The molecule has 3 aromatic rings. The molecule has 1 aromatic heterocycles. The Hall–Kier alpha value is -1.99. The number of aromatic nitrogens is 3. The highest BCUT2D eigenvalue weighted by Crippen LogP contribution is 2.30. The van der Waals surface area contributed by atoms with E-state index in [0.29, 0.717) is 22.2 Å². The second kappa shape index (κ2) is 11.2. The first-order valence-corrected chi connectivity index (χ1v) is 11.8. The number of amides is 1. The summed E-state index contributed by atoms with van der Waals surface area (Å²) >= 11 is 19.0. The Bertz CT molecular complexity index is 1270. The van der Waals surface area contributed by atoms with Crippen LogP contribution in [-0.2, 0) is 11.3 Å². The lowest BCUT2D eigenvalue weighted by Crippen LogP contribution is -2.36. The van der Waals surface area contributed by atoms with Gasteiger partial charge < -0.3 is 10.4 Å². The summed E-state index contributed by atoms with van der Waals surface area (Å²) in [7, 11) is 0. The molecule has 1 unspecified atom stereocenters. The van der Waals surface area contributed by atoms with E-state index in [1.165, 1.54) is 0 Å². The fourth-order valence-corrected chi connectivity index (χ4v) is 3.73. The molecule has 0 aliphatic carbocycles. The normalized spacial score (nSPS) is 12.8. The van der Waals surface area contributed by atoms with Crippen molar-refractivity contribution in [2.75, 3.05) is 6.61 Å². The fraction of sp³-hybridized carbons (Fsp3) is 0.190. The standard InChI is InChI=1S/C21H16Cl3F2IN4O3/c22-13-6-4-12(5-7-13)19-29-31(20(34)30(19)9-8-21(25,26)27)10-17(33)28-16(11-32)14-2-1-3-15(23)18(14)24/h1-9,16,32H,10-11H2,(H,28,33)/b9-8+. The molecular weight excluding hydrogens is 628 g/mol. The van der Waals surface area contributed by atoms with Crippen LogP contribution < -0.4 is 11.0 Å². The zero-order valence-electron chi connectivity index (χ0n) is 17.1. The van der Waals surface area contributed by atoms with Crippen molar-refractivity contribution < 1.29 is 18.7 Å². The Morgan fingerprint density at radius 1 is 1.21 bits per heavy atom. The average Bonchev–Trinajstić information content (AvgIpc) is 3.08. The maximum absolute atomic E-state index is 13.4. The van der Waals surface area contributed by atoms with E-state index >= 15 is 0 Å². The predicted molar refractivity (Wildman–Crippen MR) is 136 cm³/mol. The van der Waals surface area contributed by atoms with Crippen molar-refractivity contribution in [1.29, 1.82) is 0 Å². The van der Waals surface area contributed by atoms with Gasteiger partial charge >= 0.3 is 9.62 Å². The number of allylic oxidation sites excluding steroid dienone is 1. The zero-order valence-corrected chi connectivity index (χ0v) is 21.5. The van der Waals surface area contributed by atoms with Gasteiger partial charge in [-0.2, -0.15) is 8.78 Å². The molecule has 0 saturated carbocycles.